The van der Waals surface area contributed by atoms with Gasteiger partial charge in [0.05, 0.1) is 17.8 Å². The number of nitrogens with one attached hydrogen (secondary N) is 1. The Kier molecular flexibility index (Phi) is 7.72. The molecule has 3 fully saturated rings. The van der Waals surface area contributed by atoms with Crippen LogP contribution in [0.4, 0.5) is 5.69 Å². The lowest BCUT2D eigenvalue weighted by molar-refractivity contribution is -0.198. The molecule has 35 heavy (non-hydrogen) atoms. The molecule has 2 spiro atoms. The number of anilines is 1. The van der Waals surface area contributed by atoms with Crippen molar-refractivity contribution in [1.82, 2.24) is 10.2 Å². The van der Waals surface area contributed by atoms with Crippen LogP contribution in [0.2, 0.25) is 0 Å². The highest BCUT2D eigenvalue weighted by Crippen LogP contribution is 2.50. The van der Waals surface area contributed by atoms with E-state index in [0.717, 1.165) is 68.7 Å². The van der Waals surface area contributed by atoms with Crippen molar-refractivity contribution in [3.8, 4) is 5.75 Å². The molecule has 3 aliphatic rings. The molecule has 1 aliphatic carbocycles. The van der Waals surface area contributed by atoms with E-state index in [9.17, 15) is 4.79 Å². The highest BCUT2D eigenvalue weighted by Gasteiger charge is 2.62. The molecule has 1 atom stereocenters. The molecule has 1 unspecified atom stereocenters. The fourth-order valence-corrected chi connectivity index (χ4v) is 5.38. The summed E-state index contributed by atoms with van der Waals surface area (Å²) in [5.74, 6) is 1.07. The summed E-state index contributed by atoms with van der Waals surface area (Å²) in [6, 6.07) is 8.48. The molecule has 2 aliphatic heterocycles. The Morgan fingerprint density at radius 3 is 2.51 bits per heavy atom. The van der Waals surface area contributed by atoms with Gasteiger partial charge in [0.2, 0.25) is 0 Å². The Balaban J connectivity index is 1.50. The van der Waals surface area contributed by atoms with Crippen LogP contribution >= 0.6 is 0 Å². The third-order valence-corrected chi connectivity index (χ3v) is 7.57. The van der Waals surface area contributed by atoms with Crippen molar-refractivity contribution in [2.75, 3.05) is 38.1 Å². The number of nitrogens with zero attached hydrogens (tertiary/aromatic N) is 2. The average Bonchev–Trinajstić information content (AvgIpc) is 3.63. The van der Waals surface area contributed by atoms with Crippen LogP contribution in [0.1, 0.15) is 46.0 Å². The monoisotopic (exact) mass is 479 g/mol. The first-order chi connectivity index (χ1) is 16.9. The predicted octanol–water partition coefficient (Wildman–Crippen LogP) is 4.48. The number of hydrogen-bond donors (Lipinski definition) is 1. The van der Waals surface area contributed by atoms with E-state index in [1.165, 1.54) is 0 Å². The molecule has 0 aromatic heterocycles. The molecule has 1 saturated carbocycles. The third kappa shape index (κ3) is 5.34. The molecular formula is C29H41N3O3. The molecule has 1 aromatic carbocycles. The smallest absolute Gasteiger partial charge is 0.255 e. The summed E-state index contributed by atoms with van der Waals surface area (Å²) in [6.07, 6.45) is 9.83. The first-order valence-electron chi connectivity index (χ1n) is 13.0. The third-order valence-electron chi connectivity index (χ3n) is 7.57. The minimum absolute atomic E-state index is 0.114. The number of benzene rings is 1. The van der Waals surface area contributed by atoms with Crippen molar-refractivity contribution >= 4 is 11.6 Å². The van der Waals surface area contributed by atoms with Gasteiger partial charge < -0.3 is 24.6 Å². The van der Waals surface area contributed by atoms with Gasteiger partial charge in [-0.3, -0.25) is 4.79 Å². The lowest BCUT2D eigenvalue weighted by atomic mass is 9.87. The molecule has 0 bridgehead atoms. The minimum atomic E-state index is -0.551. The van der Waals surface area contributed by atoms with Crippen LogP contribution in [-0.2, 0) is 9.53 Å². The zero-order valence-electron chi connectivity index (χ0n) is 21.6. The molecule has 190 valence electrons. The van der Waals surface area contributed by atoms with Crippen LogP contribution in [0.5, 0.6) is 5.75 Å². The molecule has 2 heterocycles. The largest absolute Gasteiger partial charge is 0.484 e. The number of morpholine rings is 1. The second-order valence-corrected chi connectivity index (χ2v) is 10.4. The van der Waals surface area contributed by atoms with E-state index in [1.54, 1.807) is 6.08 Å². The number of piperidine rings is 1. The highest BCUT2D eigenvalue weighted by molar-refractivity contribution is 5.89. The van der Waals surface area contributed by atoms with Gasteiger partial charge in [0, 0.05) is 25.6 Å². The SMILES string of the molecule is C=C/C=C(\C=C)C(CCNC)Oc1ccccc1N1CCC2(CC1)CN(C(C)C)C(=O)C1(CC1)O2. The van der Waals surface area contributed by atoms with Gasteiger partial charge in [-0.2, -0.15) is 0 Å². The fourth-order valence-electron chi connectivity index (χ4n) is 5.38. The minimum Gasteiger partial charge on any atom is -0.484 e. The zero-order chi connectivity index (χ0) is 25.1. The van der Waals surface area contributed by atoms with Crippen molar-refractivity contribution in [3.63, 3.8) is 0 Å². The quantitative estimate of drug-likeness (QED) is 0.502. The van der Waals surface area contributed by atoms with Crippen molar-refractivity contribution < 1.29 is 14.3 Å². The summed E-state index contributed by atoms with van der Waals surface area (Å²) in [5.41, 5.74) is 1.32. The van der Waals surface area contributed by atoms with Crippen LogP contribution < -0.4 is 15.0 Å². The lowest BCUT2D eigenvalue weighted by Gasteiger charge is -2.51. The molecule has 0 radical (unpaired) electrons. The number of allylic oxidation sites excluding steroid dienone is 2. The fraction of sp³-hybridized carbons (Fsp3) is 0.552. The van der Waals surface area contributed by atoms with E-state index >= 15 is 0 Å². The van der Waals surface area contributed by atoms with Crippen molar-refractivity contribution in [2.45, 2.75) is 69.3 Å². The van der Waals surface area contributed by atoms with Crippen molar-refractivity contribution in [1.29, 1.82) is 0 Å². The Hall–Kier alpha value is -2.57. The first kappa shape index (κ1) is 25.5. The van der Waals surface area contributed by atoms with E-state index in [4.69, 9.17) is 9.47 Å². The van der Waals surface area contributed by atoms with Gasteiger partial charge in [0.25, 0.3) is 5.91 Å². The topological polar surface area (TPSA) is 54.0 Å². The Morgan fingerprint density at radius 1 is 1.20 bits per heavy atom. The standard InChI is InChI=1S/C29H41N3O3/c1-6-10-23(7-2)25(13-18-30-5)34-26-12-9-8-11-24(26)31-19-16-28(17-20-31)21-32(22(3)4)27(33)29(35-28)14-15-29/h6-12,22,25,30H,1-2,13-21H2,3-5H3/b23-10+. The summed E-state index contributed by atoms with van der Waals surface area (Å²) in [7, 11) is 1.95. The Labute approximate surface area is 210 Å². The van der Waals surface area contributed by atoms with Gasteiger partial charge in [-0.1, -0.05) is 43.5 Å². The molecular weight excluding hydrogens is 438 g/mol. The highest BCUT2D eigenvalue weighted by atomic mass is 16.5. The number of carbonyl (C=O) groups is 1. The number of para-hydroxylation sites is 2. The summed E-state index contributed by atoms with van der Waals surface area (Å²) >= 11 is 0. The molecule has 2 saturated heterocycles. The lowest BCUT2D eigenvalue weighted by Crippen LogP contribution is -2.64. The molecule has 1 amide bonds. The van der Waals surface area contributed by atoms with E-state index in [2.05, 4.69) is 60.3 Å². The van der Waals surface area contributed by atoms with Gasteiger partial charge >= 0.3 is 0 Å². The first-order valence-corrected chi connectivity index (χ1v) is 13.0. The van der Waals surface area contributed by atoms with Crippen LogP contribution in [0.15, 0.2) is 61.2 Å². The summed E-state index contributed by atoms with van der Waals surface area (Å²) in [4.78, 5) is 17.4. The second kappa shape index (κ2) is 10.6. The Bertz CT molecular complexity index is 958. The summed E-state index contributed by atoms with van der Waals surface area (Å²) < 4.78 is 13.2. The zero-order valence-corrected chi connectivity index (χ0v) is 21.6. The summed E-state index contributed by atoms with van der Waals surface area (Å²) in [6.45, 7) is 15.3. The molecule has 1 aromatic rings. The van der Waals surface area contributed by atoms with Crippen LogP contribution in [0, 0.1) is 0 Å². The maximum Gasteiger partial charge on any atom is 0.255 e. The Morgan fingerprint density at radius 2 is 1.91 bits per heavy atom. The number of amides is 1. The van der Waals surface area contributed by atoms with Crippen LogP contribution in [-0.4, -0.2) is 67.4 Å². The number of hydrogen-bond acceptors (Lipinski definition) is 5. The number of carbonyl (C=O) groups excluding carboxylic acids is 1. The van der Waals surface area contributed by atoms with Gasteiger partial charge in [-0.15, -0.1) is 0 Å². The number of ether oxygens (including phenoxy) is 2. The molecule has 6 nitrogen and oxygen atoms in total. The predicted molar refractivity (Wildman–Crippen MR) is 142 cm³/mol. The van der Waals surface area contributed by atoms with Crippen molar-refractivity contribution in [2.24, 2.45) is 0 Å². The van der Waals surface area contributed by atoms with Gasteiger partial charge in [-0.05, 0) is 70.8 Å². The van der Waals surface area contributed by atoms with Crippen LogP contribution in [0.3, 0.4) is 0 Å². The van der Waals surface area contributed by atoms with E-state index < -0.39 is 5.60 Å². The van der Waals surface area contributed by atoms with Crippen molar-refractivity contribution in [3.05, 3.63) is 61.2 Å². The maximum atomic E-state index is 13.0. The second-order valence-electron chi connectivity index (χ2n) is 10.4. The molecule has 4 rings (SSSR count). The van der Waals surface area contributed by atoms with E-state index in [-0.39, 0.29) is 23.7 Å². The maximum absolute atomic E-state index is 13.0. The van der Waals surface area contributed by atoms with Gasteiger partial charge in [0.15, 0.2) is 0 Å². The van der Waals surface area contributed by atoms with E-state index in [0.29, 0.717) is 6.54 Å². The molecule has 6 heteroatoms. The van der Waals surface area contributed by atoms with Gasteiger partial charge in [0.1, 0.15) is 17.5 Å². The molecule has 1 N–H and O–H groups in total. The summed E-state index contributed by atoms with van der Waals surface area (Å²) in [5, 5.41) is 3.22. The van der Waals surface area contributed by atoms with Crippen LogP contribution in [0.25, 0.3) is 0 Å². The number of rotatable bonds is 10. The normalized spacial score (nSPS) is 21.9. The van der Waals surface area contributed by atoms with Gasteiger partial charge in [-0.25, -0.2) is 0 Å². The van der Waals surface area contributed by atoms with E-state index in [1.807, 2.05) is 25.3 Å². The average molecular weight is 480 g/mol.